The highest BCUT2D eigenvalue weighted by molar-refractivity contribution is 6.35. The van der Waals surface area contributed by atoms with E-state index in [9.17, 15) is 4.79 Å². The highest BCUT2D eigenvalue weighted by Gasteiger charge is 2.17. The van der Waals surface area contributed by atoms with E-state index in [2.05, 4.69) is 5.10 Å². The number of benzene rings is 1. The van der Waals surface area contributed by atoms with Crippen LogP contribution < -0.4 is 0 Å². The van der Waals surface area contributed by atoms with Gasteiger partial charge in [0.1, 0.15) is 5.69 Å². The van der Waals surface area contributed by atoms with Gasteiger partial charge in [-0.1, -0.05) is 29.3 Å². The lowest BCUT2D eigenvalue weighted by atomic mass is 10.2. The van der Waals surface area contributed by atoms with E-state index in [4.69, 9.17) is 27.9 Å². The molecule has 1 heterocycles. The molecular formula is C14H14Cl2N2O2. The number of hydrogen-bond acceptors (Lipinski definition) is 3. The molecule has 0 aliphatic heterocycles. The highest BCUT2D eigenvalue weighted by Crippen LogP contribution is 2.25. The van der Waals surface area contributed by atoms with Crippen LogP contribution in [0.3, 0.4) is 0 Å². The van der Waals surface area contributed by atoms with E-state index >= 15 is 0 Å². The maximum atomic E-state index is 11.9. The Morgan fingerprint density at radius 2 is 2.00 bits per heavy atom. The molecule has 0 unspecified atom stereocenters. The molecule has 2 aromatic rings. The summed E-state index contributed by atoms with van der Waals surface area (Å²) in [5, 5.41) is 5.37. The van der Waals surface area contributed by atoms with Crippen LogP contribution in [-0.4, -0.2) is 22.4 Å². The van der Waals surface area contributed by atoms with Crippen LogP contribution >= 0.6 is 23.2 Å². The second-order valence-corrected chi connectivity index (χ2v) is 5.06. The van der Waals surface area contributed by atoms with Crippen LogP contribution in [0.15, 0.2) is 24.3 Å². The van der Waals surface area contributed by atoms with Gasteiger partial charge in [0.2, 0.25) is 0 Å². The number of hydrogen-bond donors (Lipinski definition) is 0. The molecule has 1 aromatic heterocycles. The zero-order valence-electron chi connectivity index (χ0n) is 11.2. The lowest BCUT2D eigenvalue weighted by molar-refractivity contribution is 0.0512. The van der Waals surface area contributed by atoms with Crippen molar-refractivity contribution in [3.63, 3.8) is 0 Å². The molecule has 0 N–H and O–H groups in total. The Labute approximate surface area is 127 Å². The molecule has 2 rings (SSSR count). The quantitative estimate of drug-likeness (QED) is 0.808. The normalized spacial score (nSPS) is 10.6. The highest BCUT2D eigenvalue weighted by atomic mass is 35.5. The van der Waals surface area contributed by atoms with E-state index in [0.29, 0.717) is 28.9 Å². The molecule has 0 spiro atoms. The van der Waals surface area contributed by atoms with Crippen LogP contribution in [0.4, 0.5) is 0 Å². The van der Waals surface area contributed by atoms with Crippen molar-refractivity contribution in [1.29, 1.82) is 0 Å². The van der Waals surface area contributed by atoms with Gasteiger partial charge in [-0.2, -0.15) is 5.10 Å². The molecule has 0 aliphatic rings. The summed E-state index contributed by atoms with van der Waals surface area (Å²) in [5.41, 5.74) is 1.85. The van der Waals surface area contributed by atoms with Crippen molar-refractivity contribution in [2.75, 3.05) is 6.61 Å². The lowest BCUT2D eigenvalue weighted by Crippen LogP contribution is -2.14. The summed E-state index contributed by atoms with van der Waals surface area (Å²) >= 11 is 12.3. The predicted molar refractivity (Wildman–Crippen MR) is 78.5 cm³/mol. The Hall–Kier alpha value is -1.52. The topological polar surface area (TPSA) is 44.1 Å². The van der Waals surface area contributed by atoms with Gasteiger partial charge in [0, 0.05) is 15.6 Å². The fourth-order valence-corrected chi connectivity index (χ4v) is 2.39. The Morgan fingerprint density at radius 1 is 1.35 bits per heavy atom. The fraction of sp³-hybridized carbons (Fsp3) is 0.286. The Bertz CT molecular complexity index is 618. The number of nitrogens with zero attached hydrogens (tertiary/aromatic N) is 2. The molecule has 6 heteroatoms. The standard InChI is InChI=1S/C14H14Cl2N2O2/c1-3-20-14(19)13-7-9(2)17-18(13)8-10-11(15)5-4-6-12(10)16/h4-7H,3,8H2,1-2H3. The van der Waals surface area contributed by atoms with E-state index < -0.39 is 5.97 Å². The number of esters is 1. The van der Waals surface area contributed by atoms with Crippen molar-refractivity contribution < 1.29 is 9.53 Å². The lowest BCUT2D eigenvalue weighted by Gasteiger charge is -2.10. The smallest absolute Gasteiger partial charge is 0.356 e. The minimum Gasteiger partial charge on any atom is -0.461 e. The van der Waals surface area contributed by atoms with Crippen molar-refractivity contribution in [3.05, 3.63) is 51.3 Å². The summed E-state index contributed by atoms with van der Waals surface area (Å²) in [7, 11) is 0. The molecule has 0 fully saturated rings. The fourth-order valence-electron chi connectivity index (χ4n) is 1.87. The second kappa shape index (κ2) is 6.29. The first kappa shape index (κ1) is 14.9. The van der Waals surface area contributed by atoms with Gasteiger partial charge in [-0.05, 0) is 32.0 Å². The van der Waals surface area contributed by atoms with Gasteiger partial charge in [-0.25, -0.2) is 4.79 Å². The minimum absolute atomic E-state index is 0.315. The minimum atomic E-state index is -0.406. The van der Waals surface area contributed by atoms with Crippen molar-refractivity contribution in [1.82, 2.24) is 9.78 Å². The molecule has 4 nitrogen and oxygen atoms in total. The van der Waals surface area contributed by atoms with Gasteiger partial charge >= 0.3 is 5.97 Å². The van der Waals surface area contributed by atoms with Gasteiger partial charge in [0.25, 0.3) is 0 Å². The van der Waals surface area contributed by atoms with E-state index in [-0.39, 0.29) is 0 Å². The second-order valence-electron chi connectivity index (χ2n) is 4.25. The monoisotopic (exact) mass is 312 g/mol. The maximum absolute atomic E-state index is 11.9. The van der Waals surface area contributed by atoms with Gasteiger partial charge in [-0.3, -0.25) is 4.68 Å². The summed E-state index contributed by atoms with van der Waals surface area (Å²) in [6, 6.07) is 6.96. The van der Waals surface area contributed by atoms with Crippen LogP contribution in [-0.2, 0) is 11.3 Å². The third-order valence-electron chi connectivity index (χ3n) is 2.76. The molecule has 0 saturated carbocycles. The van der Waals surface area contributed by atoms with Gasteiger partial charge < -0.3 is 4.74 Å². The molecular weight excluding hydrogens is 299 g/mol. The summed E-state index contributed by atoms with van der Waals surface area (Å²) < 4.78 is 6.57. The van der Waals surface area contributed by atoms with Gasteiger partial charge in [0.05, 0.1) is 18.8 Å². The molecule has 20 heavy (non-hydrogen) atoms. The van der Waals surface area contributed by atoms with Crippen LogP contribution in [0.5, 0.6) is 0 Å². The Morgan fingerprint density at radius 3 is 2.60 bits per heavy atom. The molecule has 0 amide bonds. The van der Waals surface area contributed by atoms with Gasteiger partial charge in [0.15, 0.2) is 0 Å². The number of aromatic nitrogens is 2. The van der Waals surface area contributed by atoms with Crippen molar-refractivity contribution in [2.24, 2.45) is 0 Å². The summed E-state index contributed by atoms with van der Waals surface area (Å²) in [6.45, 7) is 4.21. The molecule has 0 radical (unpaired) electrons. The SMILES string of the molecule is CCOC(=O)c1cc(C)nn1Cc1c(Cl)cccc1Cl. The summed E-state index contributed by atoms with van der Waals surface area (Å²) in [5.74, 6) is -0.406. The number of ether oxygens (including phenoxy) is 1. The van der Waals surface area contributed by atoms with Crippen LogP contribution in [0.2, 0.25) is 10.0 Å². The molecule has 0 atom stereocenters. The van der Waals surface area contributed by atoms with Crippen molar-refractivity contribution in [3.8, 4) is 0 Å². The predicted octanol–water partition coefficient (Wildman–Crippen LogP) is 3.72. The largest absolute Gasteiger partial charge is 0.461 e. The summed E-state index contributed by atoms with van der Waals surface area (Å²) in [4.78, 5) is 11.9. The van der Waals surface area contributed by atoms with E-state index in [1.807, 2.05) is 6.92 Å². The third kappa shape index (κ3) is 3.14. The number of halogens is 2. The maximum Gasteiger partial charge on any atom is 0.356 e. The van der Waals surface area contributed by atoms with Crippen molar-refractivity contribution in [2.45, 2.75) is 20.4 Å². The van der Waals surface area contributed by atoms with E-state index in [1.165, 1.54) is 0 Å². The number of carbonyl (C=O) groups is 1. The number of rotatable bonds is 4. The Balaban J connectivity index is 2.36. The Kier molecular flexibility index (Phi) is 4.68. The molecule has 106 valence electrons. The zero-order valence-corrected chi connectivity index (χ0v) is 12.7. The van der Waals surface area contributed by atoms with Gasteiger partial charge in [-0.15, -0.1) is 0 Å². The zero-order chi connectivity index (χ0) is 14.7. The third-order valence-corrected chi connectivity index (χ3v) is 3.46. The first-order valence-corrected chi connectivity index (χ1v) is 6.93. The molecule has 0 aliphatic carbocycles. The van der Waals surface area contributed by atoms with Crippen LogP contribution in [0, 0.1) is 6.92 Å². The first-order valence-electron chi connectivity index (χ1n) is 6.17. The average Bonchev–Trinajstić information content (AvgIpc) is 2.75. The summed E-state index contributed by atoms with van der Waals surface area (Å²) in [6.07, 6.45) is 0. The molecule has 0 bridgehead atoms. The van der Waals surface area contributed by atoms with E-state index in [1.54, 1.807) is 35.9 Å². The van der Waals surface area contributed by atoms with Crippen molar-refractivity contribution >= 4 is 29.2 Å². The number of carbonyl (C=O) groups excluding carboxylic acids is 1. The average molecular weight is 313 g/mol. The molecule has 1 aromatic carbocycles. The van der Waals surface area contributed by atoms with Crippen LogP contribution in [0.1, 0.15) is 28.7 Å². The van der Waals surface area contributed by atoms with Crippen LogP contribution in [0.25, 0.3) is 0 Å². The first-order chi connectivity index (χ1) is 9.52. The number of aryl methyl sites for hydroxylation is 1. The molecule has 0 saturated heterocycles. The van der Waals surface area contributed by atoms with E-state index in [0.717, 1.165) is 11.3 Å².